The number of hydrogen-bond donors (Lipinski definition) is 0. The summed E-state index contributed by atoms with van der Waals surface area (Å²) in [5, 5.41) is 0. The summed E-state index contributed by atoms with van der Waals surface area (Å²) in [6.45, 7) is 12.3. The van der Waals surface area contributed by atoms with E-state index in [0.717, 1.165) is 25.6 Å². The summed E-state index contributed by atoms with van der Waals surface area (Å²) in [5.74, 6) is 0.790. The first-order chi connectivity index (χ1) is 5.70. The highest BCUT2D eigenvalue weighted by Gasteiger charge is 1.93. The molecule has 0 fully saturated rings. The Kier molecular flexibility index (Phi) is 7.17. The van der Waals surface area contributed by atoms with Crippen molar-refractivity contribution in [2.75, 3.05) is 19.6 Å². The minimum atomic E-state index is 0.790. The van der Waals surface area contributed by atoms with Crippen LogP contribution >= 0.6 is 0 Å². The molecule has 0 unspecified atom stereocenters. The van der Waals surface area contributed by atoms with Crippen molar-refractivity contribution in [3.8, 4) is 0 Å². The third kappa shape index (κ3) is 6.41. The lowest BCUT2D eigenvalue weighted by Crippen LogP contribution is -2.22. The van der Waals surface area contributed by atoms with Gasteiger partial charge in [-0.15, -0.1) is 0 Å². The SMILES string of the molecule is CCN(CC)CC=CCC(C)C. The smallest absolute Gasteiger partial charge is 0.0162 e. The van der Waals surface area contributed by atoms with Crippen molar-refractivity contribution in [1.29, 1.82) is 0 Å². The predicted molar refractivity (Wildman–Crippen MR) is 56.4 cm³/mol. The number of rotatable bonds is 6. The van der Waals surface area contributed by atoms with Gasteiger partial charge < -0.3 is 4.90 Å². The quantitative estimate of drug-likeness (QED) is 0.553. The van der Waals surface area contributed by atoms with Gasteiger partial charge in [-0.25, -0.2) is 0 Å². The summed E-state index contributed by atoms with van der Waals surface area (Å²) in [6, 6.07) is 0. The van der Waals surface area contributed by atoms with Gasteiger partial charge in [-0.2, -0.15) is 0 Å². The van der Waals surface area contributed by atoms with Gasteiger partial charge in [-0.05, 0) is 25.4 Å². The van der Waals surface area contributed by atoms with Crippen molar-refractivity contribution in [1.82, 2.24) is 4.90 Å². The van der Waals surface area contributed by atoms with E-state index in [-0.39, 0.29) is 0 Å². The molecule has 0 spiro atoms. The molecule has 0 aliphatic heterocycles. The number of hydrogen-bond acceptors (Lipinski definition) is 1. The fourth-order valence-corrected chi connectivity index (χ4v) is 1.07. The van der Waals surface area contributed by atoms with E-state index in [0.29, 0.717) is 0 Å². The Morgan fingerprint density at radius 3 is 2.08 bits per heavy atom. The third-order valence-corrected chi connectivity index (χ3v) is 2.03. The first-order valence-electron chi connectivity index (χ1n) is 5.08. The van der Waals surface area contributed by atoms with Gasteiger partial charge in [0.05, 0.1) is 0 Å². The van der Waals surface area contributed by atoms with E-state index < -0.39 is 0 Å². The molecule has 1 nitrogen and oxygen atoms in total. The lowest BCUT2D eigenvalue weighted by molar-refractivity contribution is 0.337. The molecule has 1 heteroatoms. The Hall–Kier alpha value is -0.300. The van der Waals surface area contributed by atoms with Gasteiger partial charge in [-0.3, -0.25) is 0 Å². The van der Waals surface area contributed by atoms with Crippen molar-refractivity contribution >= 4 is 0 Å². The fraction of sp³-hybridized carbons (Fsp3) is 0.818. The Labute approximate surface area is 77.5 Å². The van der Waals surface area contributed by atoms with E-state index in [1.165, 1.54) is 6.42 Å². The van der Waals surface area contributed by atoms with Crippen LogP contribution in [0.15, 0.2) is 12.2 Å². The molecule has 0 amide bonds. The second-order valence-electron chi connectivity index (χ2n) is 3.59. The van der Waals surface area contributed by atoms with Crippen LogP contribution in [-0.2, 0) is 0 Å². The van der Waals surface area contributed by atoms with E-state index in [1.807, 2.05) is 0 Å². The Morgan fingerprint density at radius 1 is 1.08 bits per heavy atom. The molecule has 0 atom stereocenters. The van der Waals surface area contributed by atoms with Crippen molar-refractivity contribution in [3.05, 3.63) is 12.2 Å². The van der Waals surface area contributed by atoms with Crippen LogP contribution < -0.4 is 0 Å². The van der Waals surface area contributed by atoms with E-state index in [2.05, 4.69) is 44.7 Å². The maximum absolute atomic E-state index is 2.41. The largest absolute Gasteiger partial charge is 0.300 e. The van der Waals surface area contributed by atoms with Crippen LogP contribution in [0.5, 0.6) is 0 Å². The van der Waals surface area contributed by atoms with Crippen LogP contribution in [0.2, 0.25) is 0 Å². The molecule has 0 bridgehead atoms. The van der Waals surface area contributed by atoms with Gasteiger partial charge in [-0.1, -0.05) is 39.8 Å². The van der Waals surface area contributed by atoms with Gasteiger partial charge in [0.25, 0.3) is 0 Å². The van der Waals surface area contributed by atoms with Crippen molar-refractivity contribution in [2.24, 2.45) is 5.92 Å². The van der Waals surface area contributed by atoms with Crippen molar-refractivity contribution < 1.29 is 0 Å². The van der Waals surface area contributed by atoms with Gasteiger partial charge in [0.1, 0.15) is 0 Å². The zero-order valence-corrected chi connectivity index (χ0v) is 9.01. The van der Waals surface area contributed by atoms with Crippen LogP contribution in [0.4, 0.5) is 0 Å². The predicted octanol–water partition coefficient (Wildman–Crippen LogP) is 2.93. The number of nitrogens with zero attached hydrogens (tertiary/aromatic N) is 1. The molecule has 0 heterocycles. The van der Waals surface area contributed by atoms with Crippen LogP contribution in [0, 0.1) is 5.92 Å². The maximum atomic E-state index is 2.41. The summed E-state index contributed by atoms with van der Waals surface area (Å²) in [6.07, 6.45) is 5.79. The van der Waals surface area contributed by atoms with Crippen LogP contribution in [0.3, 0.4) is 0 Å². The molecular weight excluding hydrogens is 146 g/mol. The summed E-state index contributed by atoms with van der Waals surface area (Å²) in [5.41, 5.74) is 0. The minimum Gasteiger partial charge on any atom is -0.300 e. The number of likely N-dealkylation sites (N-methyl/N-ethyl adjacent to an activating group) is 1. The molecule has 0 aromatic heterocycles. The van der Waals surface area contributed by atoms with Crippen molar-refractivity contribution in [3.63, 3.8) is 0 Å². The van der Waals surface area contributed by atoms with E-state index in [4.69, 9.17) is 0 Å². The fourth-order valence-electron chi connectivity index (χ4n) is 1.07. The molecule has 12 heavy (non-hydrogen) atoms. The summed E-state index contributed by atoms with van der Waals surface area (Å²) >= 11 is 0. The lowest BCUT2D eigenvalue weighted by atomic mass is 10.1. The van der Waals surface area contributed by atoms with Gasteiger partial charge >= 0.3 is 0 Å². The summed E-state index contributed by atoms with van der Waals surface area (Å²) in [4.78, 5) is 2.41. The van der Waals surface area contributed by atoms with Gasteiger partial charge in [0.15, 0.2) is 0 Å². The van der Waals surface area contributed by atoms with Crippen LogP contribution in [-0.4, -0.2) is 24.5 Å². The highest BCUT2D eigenvalue weighted by Crippen LogP contribution is 1.99. The zero-order valence-electron chi connectivity index (χ0n) is 9.01. The topological polar surface area (TPSA) is 3.24 Å². The first-order valence-corrected chi connectivity index (χ1v) is 5.08. The second-order valence-corrected chi connectivity index (χ2v) is 3.59. The zero-order chi connectivity index (χ0) is 9.40. The van der Waals surface area contributed by atoms with Crippen LogP contribution in [0.25, 0.3) is 0 Å². The highest BCUT2D eigenvalue weighted by molar-refractivity contribution is 4.85. The summed E-state index contributed by atoms with van der Waals surface area (Å²) in [7, 11) is 0. The first kappa shape index (κ1) is 11.7. The molecule has 0 saturated heterocycles. The Balaban J connectivity index is 3.44. The standard InChI is InChI=1S/C11H23N/c1-5-12(6-2)10-8-7-9-11(3)4/h7-8,11H,5-6,9-10H2,1-4H3. The Bertz CT molecular complexity index is 112. The molecule has 0 aliphatic carbocycles. The molecular formula is C11H23N. The third-order valence-electron chi connectivity index (χ3n) is 2.03. The second kappa shape index (κ2) is 7.35. The molecule has 0 aromatic carbocycles. The van der Waals surface area contributed by atoms with Gasteiger partial charge in [0, 0.05) is 6.54 Å². The molecule has 0 radical (unpaired) electrons. The monoisotopic (exact) mass is 169 g/mol. The maximum Gasteiger partial charge on any atom is 0.0162 e. The van der Waals surface area contributed by atoms with E-state index >= 15 is 0 Å². The number of allylic oxidation sites excluding steroid dienone is 1. The highest BCUT2D eigenvalue weighted by atomic mass is 15.1. The van der Waals surface area contributed by atoms with Gasteiger partial charge in [0.2, 0.25) is 0 Å². The van der Waals surface area contributed by atoms with E-state index in [1.54, 1.807) is 0 Å². The molecule has 0 aliphatic rings. The Morgan fingerprint density at radius 2 is 1.67 bits per heavy atom. The van der Waals surface area contributed by atoms with Crippen LogP contribution in [0.1, 0.15) is 34.1 Å². The molecule has 0 rings (SSSR count). The molecule has 0 aromatic rings. The minimum absolute atomic E-state index is 0.790. The lowest BCUT2D eigenvalue weighted by Gasteiger charge is -2.14. The van der Waals surface area contributed by atoms with E-state index in [9.17, 15) is 0 Å². The molecule has 0 saturated carbocycles. The molecule has 72 valence electrons. The normalized spacial score (nSPS) is 12.2. The average molecular weight is 169 g/mol. The summed E-state index contributed by atoms with van der Waals surface area (Å²) < 4.78 is 0. The van der Waals surface area contributed by atoms with Crippen molar-refractivity contribution in [2.45, 2.75) is 34.1 Å². The average Bonchev–Trinajstić information content (AvgIpc) is 2.04. The molecule has 0 N–H and O–H groups in total.